The molecule has 1 N–H and O–H groups in total. The van der Waals surface area contributed by atoms with Gasteiger partial charge in [-0.1, -0.05) is 49.7 Å². The zero-order valence-corrected chi connectivity index (χ0v) is 16.9. The van der Waals surface area contributed by atoms with Crippen LogP contribution in [0.1, 0.15) is 43.5 Å². The van der Waals surface area contributed by atoms with E-state index in [1.54, 1.807) is 11.8 Å². The first kappa shape index (κ1) is 18.0. The summed E-state index contributed by atoms with van der Waals surface area (Å²) in [5.41, 5.74) is 3.74. The second-order valence-corrected chi connectivity index (χ2v) is 7.98. The number of carbonyl (C=O) groups is 2. The molecule has 2 aromatic carbocycles. The van der Waals surface area contributed by atoms with Gasteiger partial charge in [0.1, 0.15) is 0 Å². The quantitative estimate of drug-likeness (QED) is 0.739. The van der Waals surface area contributed by atoms with E-state index in [2.05, 4.69) is 18.0 Å². The third-order valence-electron chi connectivity index (χ3n) is 6.42. The average molecular weight is 387 g/mol. The number of aromatic nitrogens is 1. The lowest BCUT2D eigenvalue weighted by Gasteiger charge is -2.43. The van der Waals surface area contributed by atoms with Gasteiger partial charge in [0.25, 0.3) is 5.91 Å². The molecule has 0 saturated heterocycles. The van der Waals surface area contributed by atoms with Gasteiger partial charge in [0.15, 0.2) is 5.54 Å². The molecule has 3 aromatic rings. The Morgan fingerprint density at radius 3 is 2.69 bits per heavy atom. The van der Waals surface area contributed by atoms with Crippen LogP contribution in [0, 0.1) is 0 Å². The molecule has 5 rings (SSSR count). The molecule has 1 spiro atoms. The molecule has 0 radical (unpaired) electrons. The second-order valence-electron chi connectivity index (χ2n) is 7.98. The number of H-pyrrole nitrogens is 1. The van der Waals surface area contributed by atoms with Gasteiger partial charge in [0, 0.05) is 36.5 Å². The molecular weight excluding hydrogens is 362 g/mol. The van der Waals surface area contributed by atoms with Crippen molar-refractivity contribution in [3.8, 4) is 0 Å². The van der Waals surface area contributed by atoms with Crippen molar-refractivity contribution in [2.24, 2.45) is 0 Å². The highest BCUT2D eigenvalue weighted by Gasteiger charge is 2.59. The van der Waals surface area contributed by atoms with E-state index in [0.717, 1.165) is 52.7 Å². The first-order valence-corrected chi connectivity index (χ1v) is 10.4. The van der Waals surface area contributed by atoms with E-state index in [4.69, 9.17) is 0 Å². The maximum absolute atomic E-state index is 14.1. The molecule has 5 heteroatoms. The van der Waals surface area contributed by atoms with Gasteiger partial charge in [-0.25, -0.2) is 0 Å². The lowest BCUT2D eigenvalue weighted by atomic mass is 9.80. The first-order chi connectivity index (χ1) is 14.1. The Bertz CT molecular complexity index is 1130. The van der Waals surface area contributed by atoms with Crippen LogP contribution in [0.15, 0.2) is 48.5 Å². The number of fused-ring (bicyclic) bond motifs is 6. The van der Waals surface area contributed by atoms with Crippen molar-refractivity contribution in [3.63, 3.8) is 0 Å². The normalized spacial score (nSPS) is 20.4. The standard InChI is InChI=1S/C24H25N3O2/c1-3-4-14-26-21-12-8-6-10-19(21)24(23(26)29)22-18(13-15-27(24)16(2)28)17-9-5-7-11-20(17)25-22/h5-12,25H,3-4,13-15H2,1-2H3. The van der Waals surface area contributed by atoms with Crippen LogP contribution in [-0.4, -0.2) is 34.8 Å². The molecule has 1 unspecified atom stereocenters. The highest BCUT2D eigenvalue weighted by atomic mass is 16.2. The van der Waals surface area contributed by atoms with Crippen LogP contribution >= 0.6 is 0 Å². The summed E-state index contributed by atoms with van der Waals surface area (Å²) in [6.45, 7) is 4.89. The fourth-order valence-corrected chi connectivity index (χ4v) is 5.16. The molecule has 1 aromatic heterocycles. The number of para-hydroxylation sites is 2. The molecule has 148 valence electrons. The van der Waals surface area contributed by atoms with Crippen molar-refractivity contribution >= 4 is 28.4 Å². The number of nitrogens with one attached hydrogen (secondary N) is 1. The largest absolute Gasteiger partial charge is 0.355 e. The van der Waals surface area contributed by atoms with Crippen LogP contribution in [0.5, 0.6) is 0 Å². The number of unbranched alkanes of at least 4 members (excludes halogenated alkanes) is 1. The van der Waals surface area contributed by atoms with Gasteiger partial charge in [0.2, 0.25) is 5.91 Å². The van der Waals surface area contributed by atoms with Gasteiger partial charge < -0.3 is 14.8 Å². The van der Waals surface area contributed by atoms with Gasteiger partial charge in [0.05, 0.1) is 11.4 Å². The van der Waals surface area contributed by atoms with E-state index in [0.29, 0.717) is 13.1 Å². The number of aromatic amines is 1. The summed E-state index contributed by atoms with van der Waals surface area (Å²) in [7, 11) is 0. The van der Waals surface area contributed by atoms with Crippen molar-refractivity contribution in [2.45, 2.75) is 38.6 Å². The molecule has 1 atom stereocenters. The molecular formula is C24H25N3O2. The van der Waals surface area contributed by atoms with E-state index < -0.39 is 5.54 Å². The minimum absolute atomic E-state index is 0.0187. The lowest BCUT2D eigenvalue weighted by molar-refractivity contribution is -0.143. The zero-order chi connectivity index (χ0) is 20.2. The Balaban J connectivity index is 1.83. The highest BCUT2D eigenvalue weighted by Crippen LogP contribution is 2.51. The fraction of sp³-hybridized carbons (Fsp3) is 0.333. The Morgan fingerprint density at radius 1 is 1.14 bits per heavy atom. The molecule has 0 fully saturated rings. The topological polar surface area (TPSA) is 56.4 Å². The fourth-order valence-electron chi connectivity index (χ4n) is 5.16. The van der Waals surface area contributed by atoms with E-state index in [1.807, 2.05) is 47.4 Å². The second kappa shape index (κ2) is 6.48. The van der Waals surface area contributed by atoms with E-state index >= 15 is 0 Å². The molecule has 2 aliphatic rings. The molecule has 5 nitrogen and oxygen atoms in total. The monoisotopic (exact) mass is 387 g/mol. The third-order valence-corrected chi connectivity index (χ3v) is 6.42. The minimum atomic E-state index is -1.11. The summed E-state index contributed by atoms with van der Waals surface area (Å²) in [6, 6.07) is 16.1. The predicted molar refractivity (Wildman–Crippen MR) is 114 cm³/mol. The first-order valence-electron chi connectivity index (χ1n) is 10.4. The SMILES string of the molecule is CCCCN1C(=O)C2(c3ccccc31)c1[nH]c3ccccc3c1CCN2C(C)=O. The number of benzene rings is 2. The number of hydrogen-bond donors (Lipinski definition) is 1. The number of rotatable bonds is 3. The Kier molecular flexibility index (Phi) is 4.02. The maximum atomic E-state index is 14.1. The number of anilines is 1. The van der Waals surface area contributed by atoms with E-state index in [1.165, 1.54) is 0 Å². The summed E-state index contributed by atoms with van der Waals surface area (Å²) in [4.78, 5) is 34.1. The smallest absolute Gasteiger partial charge is 0.263 e. The minimum Gasteiger partial charge on any atom is -0.355 e. The molecule has 0 aliphatic carbocycles. The van der Waals surface area contributed by atoms with Gasteiger partial charge in [-0.15, -0.1) is 0 Å². The zero-order valence-electron chi connectivity index (χ0n) is 16.9. The van der Waals surface area contributed by atoms with Crippen LogP contribution in [0.4, 0.5) is 5.69 Å². The van der Waals surface area contributed by atoms with E-state index in [-0.39, 0.29) is 11.8 Å². The third kappa shape index (κ3) is 2.27. The van der Waals surface area contributed by atoms with Gasteiger partial charge in [-0.2, -0.15) is 0 Å². The Hall–Kier alpha value is -3.08. The van der Waals surface area contributed by atoms with Crippen molar-refractivity contribution in [3.05, 3.63) is 65.4 Å². The van der Waals surface area contributed by atoms with E-state index in [9.17, 15) is 9.59 Å². The predicted octanol–water partition coefficient (Wildman–Crippen LogP) is 3.96. The van der Waals surface area contributed by atoms with Crippen LogP contribution in [0.25, 0.3) is 10.9 Å². The Morgan fingerprint density at radius 2 is 1.90 bits per heavy atom. The summed E-state index contributed by atoms with van der Waals surface area (Å²) in [5, 5.41) is 1.14. The van der Waals surface area contributed by atoms with Crippen LogP contribution in [-0.2, 0) is 21.5 Å². The van der Waals surface area contributed by atoms with Crippen LogP contribution in [0.2, 0.25) is 0 Å². The van der Waals surface area contributed by atoms with Gasteiger partial charge >= 0.3 is 0 Å². The van der Waals surface area contributed by atoms with Crippen molar-refractivity contribution in [2.75, 3.05) is 18.0 Å². The molecule has 2 aliphatic heterocycles. The van der Waals surface area contributed by atoms with Gasteiger partial charge in [-0.05, 0) is 30.5 Å². The maximum Gasteiger partial charge on any atom is 0.263 e. The van der Waals surface area contributed by atoms with Crippen molar-refractivity contribution < 1.29 is 9.59 Å². The number of nitrogens with zero attached hydrogens (tertiary/aromatic N) is 2. The Labute approximate surface area is 170 Å². The molecule has 29 heavy (non-hydrogen) atoms. The molecule has 0 saturated carbocycles. The van der Waals surface area contributed by atoms with Gasteiger partial charge in [-0.3, -0.25) is 9.59 Å². The average Bonchev–Trinajstić information content (AvgIpc) is 3.22. The van der Waals surface area contributed by atoms with Crippen LogP contribution < -0.4 is 4.90 Å². The molecule has 2 amide bonds. The number of carbonyl (C=O) groups excluding carboxylic acids is 2. The summed E-state index contributed by atoms with van der Waals surface area (Å²) >= 11 is 0. The van der Waals surface area contributed by atoms with Crippen molar-refractivity contribution in [1.82, 2.24) is 9.88 Å². The number of hydrogen-bond acceptors (Lipinski definition) is 2. The highest BCUT2D eigenvalue weighted by molar-refractivity contribution is 6.12. The van der Waals surface area contributed by atoms with Crippen LogP contribution in [0.3, 0.4) is 0 Å². The summed E-state index contributed by atoms with van der Waals surface area (Å²) in [5.74, 6) is -0.0929. The molecule has 0 bridgehead atoms. The van der Waals surface area contributed by atoms with Crippen molar-refractivity contribution in [1.29, 1.82) is 0 Å². The molecule has 3 heterocycles. The summed E-state index contributed by atoms with van der Waals surface area (Å²) < 4.78 is 0. The lowest BCUT2D eigenvalue weighted by Crippen LogP contribution is -2.58. The number of amides is 2. The summed E-state index contributed by atoms with van der Waals surface area (Å²) in [6.07, 6.45) is 2.67.